The van der Waals surface area contributed by atoms with E-state index in [0.717, 1.165) is 23.4 Å². The summed E-state index contributed by atoms with van der Waals surface area (Å²) < 4.78 is 5.45. The van der Waals surface area contributed by atoms with Crippen molar-refractivity contribution in [2.75, 3.05) is 10.6 Å². The molecule has 0 fully saturated rings. The standard InChI is InChI=1S/C20H20Cl2N8S/c1-2-28-10-14(8-23-28)11-30-12-15(9-24-30)25-20(31)26-19-6-7-29(27-19)13-16-17(21)4-3-5-18(16)22/h3-10,12H,2,11,13H2,1H3,(H2,25,26,27,31). The Morgan fingerprint density at radius 3 is 2.48 bits per heavy atom. The predicted molar refractivity (Wildman–Crippen MR) is 127 cm³/mol. The Balaban J connectivity index is 1.33. The minimum Gasteiger partial charge on any atom is -0.330 e. The number of hydrogen-bond donors (Lipinski definition) is 2. The number of nitrogens with zero attached hydrogens (tertiary/aromatic N) is 6. The molecule has 3 heterocycles. The largest absolute Gasteiger partial charge is 0.330 e. The van der Waals surface area contributed by atoms with Gasteiger partial charge in [0, 0.05) is 52.4 Å². The van der Waals surface area contributed by atoms with Gasteiger partial charge in [0.2, 0.25) is 0 Å². The first-order valence-electron chi connectivity index (χ1n) is 9.58. The molecule has 0 atom stereocenters. The van der Waals surface area contributed by atoms with Crippen LogP contribution in [0.5, 0.6) is 0 Å². The van der Waals surface area contributed by atoms with Crippen LogP contribution >= 0.6 is 35.4 Å². The van der Waals surface area contributed by atoms with Crippen molar-refractivity contribution >= 4 is 52.0 Å². The summed E-state index contributed by atoms with van der Waals surface area (Å²) >= 11 is 17.9. The van der Waals surface area contributed by atoms with Gasteiger partial charge in [-0.25, -0.2) is 0 Å². The molecule has 0 spiro atoms. The molecule has 2 N–H and O–H groups in total. The molecule has 0 bridgehead atoms. The van der Waals surface area contributed by atoms with E-state index < -0.39 is 0 Å². The molecule has 31 heavy (non-hydrogen) atoms. The van der Waals surface area contributed by atoms with Crippen LogP contribution in [0.25, 0.3) is 0 Å². The normalized spacial score (nSPS) is 10.9. The van der Waals surface area contributed by atoms with Gasteiger partial charge in [-0.15, -0.1) is 0 Å². The Morgan fingerprint density at radius 1 is 0.968 bits per heavy atom. The lowest BCUT2D eigenvalue weighted by Gasteiger charge is -2.08. The fraction of sp³-hybridized carbons (Fsp3) is 0.200. The number of benzene rings is 1. The number of halogens is 2. The summed E-state index contributed by atoms with van der Waals surface area (Å²) in [6, 6.07) is 7.25. The summed E-state index contributed by atoms with van der Waals surface area (Å²) in [7, 11) is 0. The number of thiocarbonyl (C=S) groups is 1. The first-order chi connectivity index (χ1) is 15.0. The highest BCUT2D eigenvalue weighted by atomic mass is 35.5. The van der Waals surface area contributed by atoms with Crippen LogP contribution in [0.4, 0.5) is 11.5 Å². The Hall–Kier alpha value is -2.88. The Labute approximate surface area is 194 Å². The van der Waals surface area contributed by atoms with E-state index in [0.29, 0.717) is 34.1 Å². The molecule has 8 nitrogen and oxygen atoms in total. The second kappa shape index (κ2) is 9.51. The lowest BCUT2D eigenvalue weighted by Crippen LogP contribution is -2.19. The molecule has 0 aliphatic carbocycles. The van der Waals surface area contributed by atoms with Gasteiger partial charge in [0.25, 0.3) is 0 Å². The minimum absolute atomic E-state index is 0.416. The molecule has 4 rings (SSSR count). The van der Waals surface area contributed by atoms with Crippen LogP contribution in [0, 0.1) is 0 Å². The third kappa shape index (κ3) is 5.43. The van der Waals surface area contributed by atoms with Crippen molar-refractivity contribution in [1.29, 1.82) is 0 Å². The van der Waals surface area contributed by atoms with Crippen LogP contribution in [0.15, 0.2) is 55.2 Å². The quantitative estimate of drug-likeness (QED) is 0.383. The van der Waals surface area contributed by atoms with E-state index in [2.05, 4.69) is 32.9 Å². The Bertz CT molecular complexity index is 1180. The molecule has 160 valence electrons. The van der Waals surface area contributed by atoms with Gasteiger partial charge in [-0.1, -0.05) is 29.3 Å². The maximum atomic E-state index is 6.24. The van der Waals surface area contributed by atoms with Crippen molar-refractivity contribution in [3.63, 3.8) is 0 Å². The second-order valence-corrected chi connectivity index (χ2v) is 8.03. The first-order valence-corrected chi connectivity index (χ1v) is 10.7. The maximum absolute atomic E-state index is 6.24. The fourth-order valence-electron chi connectivity index (χ4n) is 3.00. The average molecular weight is 475 g/mol. The van der Waals surface area contributed by atoms with Gasteiger partial charge in [-0.3, -0.25) is 14.0 Å². The van der Waals surface area contributed by atoms with Crippen molar-refractivity contribution in [2.24, 2.45) is 0 Å². The molecule has 0 radical (unpaired) electrons. The SMILES string of the molecule is CCn1cc(Cn2cc(NC(=S)Nc3ccn(Cc4c(Cl)cccc4Cl)n3)cn2)cn1. The topological polar surface area (TPSA) is 77.5 Å². The summed E-state index contributed by atoms with van der Waals surface area (Å²) in [5.74, 6) is 0.611. The summed E-state index contributed by atoms with van der Waals surface area (Å²) in [5.41, 5.74) is 2.68. The lowest BCUT2D eigenvalue weighted by atomic mass is 10.2. The Kier molecular flexibility index (Phi) is 6.55. The van der Waals surface area contributed by atoms with Crippen LogP contribution in [0.1, 0.15) is 18.1 Å². The van der Waals surface area contributed by atoms with Gasteiger partial charge >= 0.3 is 0 Å². The summed E-state index contributed by atoms with van der Waals surface area (Å²) in [6.45, 7) is 3.99. The smallest absolute Gasteiger partial charge is 0.176 e. The molecule has 0 amide bonds. The van der Waals surface area contributed by atoms with Gasteiger partial charge < -0.3 is 10.6 Å². The van der Waals surface area contributed by atoms with Crippen molar-refractivity contribution < 1.29 is 0 Å². The molecule has 11 heteroatoms. The van der Waals surface area contributed by atoms with Crippen molar-refractivity contribution in [3.8, 4) is 0 Å². The van der Waals surface area contributed by atoms with Crippen molar-refractivity contribution in [1.82, 2.24) is 29.3 Å². The van der Waals surface area contributed by atoms with E-state index in [9.17, 15) is 0 Å². The molecular formula is C20H20Cl2N8S. The highest BCUT2D eigenvalue weighted by Crippen LogP contribution is 2.25. The van der Waals surface area contributed by atoms with E-state index in [-0.39, 0.29) is 0 Å². The summed E-state index contributed by atoms with van der Waals surface area (Å²) in [4.78, 5) is 0. The maximum Gasteiger partial charge on any atom is 0.176 e. The van der Waals surface area contributed by atoms with Gasteiger partial charge in [0.15, 0.2) is 10.9 Å². The van der Waals surface area contributed by atoms with E-state index in [4.69, 9.17) is 35.4 Å². The van der Waals surface area contributed by atoms with Crippen LogP contribution in [0.3, 0.4) is 0 Å². The Morgan fingerprint density at radius 2 is 1.74 bits per heavy atom. The zero-order valence-corrected chi connectivity index (χ0v) is 19.0. The molecular weight excluding hydrogens is 455 g/mol. The van der Waals surface area contributed by atoms with Crippen LogP contribution in [-0.4, -0.2) is 34.5 Å². The molecule has 1 aromatic carbocycles. The van der Waals surface area contributed by atoms with Gasteiger partial charge in [0.1, 0.15) is 0 Å². The molecule has 0 unspecified atom stereocenters. The van der Waals surface area contributed by atoms with E-state index in [1.807, 2.05) is 46.3 Å². The van der Waals surface area contributed by atoms with E-state index in [1.54, 1.807) is 23.0 Å². The van der Waals surface area contributed by atoms with Crippen molar-refractivity contribution in [2.45, 2.75) is 26.6 Å². The monoisotopic (exact) mass is 474 g/mol. The zero-order chi connectivity index (χ0) is 21.8. The van der Waals surface area contributed by atoms with Crippen LogP contribution < -0.4 is 10.6 Å². The number of rotatable bonds is 7. The number of nitrogens with one attached hydrogen (secondary N) is 2. The van der Waals surface area contributed by atoms with Gasteiger partial charge in [-0.2, -0.15) is 15.3 Å². The average Bonchev–Trinajstić information content (AvgIpc) is 3.47. The second-order valence-electron chi connectivity index (χ2n) is 6.81. The third-order valence-corrected chi connectivity index (χ3v) is 5.42. The molecule has 0 aliphatic heterocycles. The van der Waals surface area contributed by atoms with Crippen molar-refractivity contribution in [3.05, 3.63) is 76.4 Å². The third-order valence-electron chi connectivity index (χ3n) is 4.51. The van der Waals surface area contributed by atoms with E-state index in [1.165, 1.54) is 0 Å². The first kappa shape index (κ1) is 21.4. The number of anilines is 2. The van der Waals surface area contributed by atoms with Crippen LogP contribution in [0.2, 0.25) is 10.0 Å². The molecule has 0 saturated heterocycles. The number of aryl methyl sites for hydroxylation is 1. The lowest BCUT2D eigenvalue weighted by molar-refractivity contribution is 0.654. The zero-order valence-electron chi connectivity index (χ0n) is 16.7. The highest BCUT2D eigenvalue weighted by Gasteiger charge is 2.09. The molecule has 3 aromatic heterocycles. The minimum atomic E-state index is 0.416. The summed E-state index contributed by atoms with van der Waals surface area (Å²) in [5, 5.41) is 20.9. The molecule has 4 aromatic rings. The van der Waals surface area contributed by atoms with E-state index >= 15 is 0 Å². The fourth-order valence-corrected chi connectivity index (χ4v) is 3.74. The van der Waals surface area contributed by atoms with Gasteiger partial charge in [-0.05, 0) is 31.3 Å². The number of hydrogen-bond acceptors (Lipinski definition) is 4. The highest BCUT2D eigenvalue weighted by molar-refractivity contribution is 7.80. The van der Waals surface area contributed by atoms with Gasteiger partial charge in [0.05, 0.1) is 31.2 Å². The summed E-state index contributed by atoms with van der Waals surface area (Å²) in [6.07, 6.45) is 9.29. The van der Waals surface area contributed by atoms with Crippen LogP contribution in [-0.2, 0) is 19.6 Å². The molecule has 0 saturated carbocycles. The predicted octanol–water partition coefficient (Wildman–Crippen LogP) is 4.51. The molecule has 0 aliphatic rings. The number of aromatic nitrogens is 6.